The van der Waals surface area contributed by atoms with Crippen LogP contribution in [0.3, 0.4) is 0 Å². The van der Waals surface area contributed by atoms with Crippen molar-refractivity contribution in [2.24, 2.45) is 0 Å². The van der Waals surface area contributed by atoms with E-state index in [1.165, 1.54) is 0 Å². The molecule has 0 heterocycles. The third-order valence-electron chi connectivity index (χ3n) is 4.32. The molecule has 1 atom stereocenters. The summed E-state index contributed by atoms with van der Waals surface area (Å²) in [7, 11) is -3.26. The molecule has 7 heteroatoms. The maximum Gasteiger partial charge on any atom is 0.348 e. The van der Waals surface area contributed by atoms with Crippen LogP contribution in [0.25, 0.3) is 11.1 Å². The molecule has 0 fully saturated rings. The van der Waals surface area contributed by atoms with Crippen LogP contribution in [0.5, 0.6) is 0 Å². The summed E-state index contributed by atoms with van der Waals surface area (Å²) >= 11 is 0. The second-order valence-corrected chi connectivity index (χ2v) is 8.36. The van der Waals surface area contributed by atoms with Gasteiger partial charge < -0.3 is 9.47 Å². The lowest BCUT2D eigenvalue weighted by Crippen LogP contribution is -2.33. The van der Waals surface area contributed by atoms with Crippen molar-refractivity contribution in [2.75, 3.05) is 18.6 Å². The highest BCUT2D eigenvalue weighted by Gasteiger charge is 2.40. The first-order valence-electron chi connectivity index (χ1n) is 8.04. The Morgan fingerprint density at radius 1 is 1.08 bits per heavy atom. The molecule has 136 valence electrons. The van der Waals surface area contributed by atoms with Gasteiger partial charge in [0.25, 0.3) is 6.47 Å². The number of carbonyl (C=O) groups is 2. The predicted octanol–water partition coefficient (Wildman–Crippen LogP) is 1.93. The lowest BCUT2D eigenvalue weighted by molar-refractivity contribution is -0.161. The number of hydrogen-bond donors (Lipinski definition) is 0. The smallest absolute Gasteiger partial charge is 0.348 e. The number of fused-ring (bicyclic) bond motifs is 3. The molecule has 2 aromatic carbocycles. The Kier molecular flexibility index (Phi) is 5.08. The van der Waals surface area contributed by atoms with E-state index in [1.807, 2.05) is 48.5 Å². The van der Waals surface area contributed by atoms with Gasteiger partial charge in [0.05, 0.1) is 11.7 Å². The summed E-state index contributed by atoms with van der Waals surface area (Å²) < 4.78 is 32.6. The minimum atomic E-state index is -3.26. The Labute approximate surface area is 151 Å². The molecule has 1 aliphatic carbocycles. The molecule has 1 aliphatic rings. The van der Waals surface area contributed by atoms with Crippen molar-refractivity contribution in [3.63, 3.8) is 0 Å². The second kappa shape index (κ2) is 7.29. The van der Waals surface area contributed by atoms with Gasteiger partial charge >= 0.3 is 5.97 Å². The summed E-state index contributed by atoms with van der Waals surface area (Å²) in [5, 5.41) is 0. The van der Waals surface area contributed by atoms with Gasteiger partial charge in [0.1, 0.15) is 6.61 Å². The predicted molar refractivity (Wildman–Crippen MR) is 95.3 cm³/mol. The zero-order valence-electron chi connectivity index (χ0n) is 14.1. The molecule has 0 aliphatic heterocycles. The van der Waals surface area contributed by atoms with Crippen molar-refractivity contribution >= 4 is 22.3 Å². The molecule has 0 aromatic heterocycles. The number of ether oxygens (including phenoxy) is 2. The normalized spacial score (nSPS) is 14.2. The van der Waals surface area contributed by atoms with Crippen LogP contribution < -0.4 is 0 Å². The van der Waals surface area contributed by atoms with Gasteiger partial charge in [-0.15, -0.1) is 0 Å². The topological polar surface area (TPSA) is 86.7 Å². The van der Waals surface area contributed by atoms with Gasteiger partial charge in [-0.1, -0.05) is 48.5 Å². The second-order valence-electron chi connectivity index (χ2n) is 6.10. The van der Waals surface area contributed by atoms with Crippen molar-refractivity contribution < 1.29 is 27.5 Å². The summed E-state index contributed by atoms with van der Waals surface area (Å²) in [6.45, 7) is -0.0710. The number of sulfone groups is 1. The standard InChI is InChI=1S/C19H18O6S/c1-26(22,23)11-10-24-19(21)18(25-12-20)17-15-8-4-2-6-13(15)14-7-3-5-9-16(14)17/h2-9,12,17-18H,10-11H2,1H3. The molecule has 6 nitrogen and oxygen atoms in total. The molecule has 0 saturated heterocycles. The highest BCUT2D eigenvalue weighted by molar-refractivity contribution is 7.90. The summed E-state index contributed by atoms with van der Waals surface area (Å²) in [6.07, 6.45) is -0.124. The minimum Gasteiger partial charge on any atom is -0.462 e. The Hall–Kier alpha value is -2.67. The van der Waals surface area contributed by atoms with E-state index in [0.717, 1.165) is 28.5 Å². The van der Waals surface area contributed by atoms with Gasteiger partial charge in [0.15, 0.2) is 9.84 Å². The van der Waals surface area contributed by atoms with Gasteiger partial charge in [0, 0.05) is 6.26 Å². The van der Waals surface area contributed by atoms with E-state index in [-0.39, 0.29) is 18.8 Å². The Bertz CT molecular complexity index is 889. The van der Waals surface area contributed by atoms with E-state index in [2.05, 4.69) is 0 Å². The summed E-state index contributed by atoms with van der Waals surface area (Å²) in [5.74, 6) is -1.56. The lowest BCUT2D eigenvalue weighted by atomic mass is 9.91. The van der Waals surface area contributed by atoms with Gasteiger partial charge in [-0.05, 0) is 22.3 Å². The van der Waals surface area contributed by atoms with E-state index in [9.17, 15) is 18.0 Å². The number of rotatable bonds is 7. The van der Waals surface area contributed by atoms with Crippen LogP contribution in [0, 0.1) is 0 Å². The van der Waals surface area contributed by atoms with Crippen molar-refractivity contribution in [1.29, 1.82) is 0 Å². The quantitative estimate of drug-likeness (QED) is 0.544. The van der Waals surface area contributed by atoms with E-state index >= 15 is 0 Å². The monoisotopic (exact) mass is 374 g/mol. The highest BCUT2D eigenvalue weighted by atomic mass is 32.2. The number of hydrogen-bond acceptors (Lipinski definition) is 6. The van der Waals surface area contributed by atoms with Crippen molar-refractivity contribution in [3.8, 4) is 11.1 Å². The van der Waals surface area contributed by atoms with Crippen molar-refractivity contribution in [2.45, 2.75) is 12.0 Å². The lowest BCUT2D eigenvalue weighted by Gasteiger charge is -2.22. The maximum absolute atomic E-state index is 12.5. The zero-order chi connectivity index (χ0) is 18.7. The van der Waals surface area contributed by atoms with Crippen LogP contribution in [0.1, 0.15) is 17.0 Å². The fourth-order valence-electron chi connectivity index (χ4n) is 3.23. The van der Waals surface area contributed by atoms with E-state index < -0.39 is 27.8 Å². The molecule has 2 aromatic rings. The molecule has 0 amide bonds. The molecule has 0 saturated carbocycles. The third kappa shape index (κ3) is 3.62. The molecule has 26 heavy (non-hydrogen) atoms. The van der Waals surface area contributed by atoms with Gasteiger partial charge in [-0.3, -0.25) is 4.79 Å². The van der Waals surface area contributed by atoms with Crippen LogP contribution in [0.15, 0.2) is 48.5 Å². The minimum absolute atomic E-state index is 0.214. The average Bonchev–Trinajstić information content (AvgIpc) is 2.93. The van der Waals surface area contributed by atoms with Crippen LogP contribution in [0.4, 0.5) is 0 Å². The van der Waals surface area contributed by atoms with Crippen molar-refractivity contribution in [1.82, 2.24) is 0 Å². The summed E-state index contributed by atoms with van der Waals surface area (Å²) in [5.41, 5.74) is 3.66. The van der Waals surface area contributed by atoms with Crippen LogP contribution >= 0.6 is 0 Å². The number of esters is 1. The SMILES string of the molecule is CS(=O)(=O)CCOC(=O)C(OC=O)C1c2ccccc2-c2ccccc21. The molecule has 1 unspecified atom stereocenters. The molecular formula is C19H18O6S. The Morgan fingerprint density at radius 2 is 1.62 bits per heavy atom. The number of carbonyl (C=O) groups excluding carboxylic acids is 2. The van der Waals surface area contributed by atoms with E-state index in [4.69, 9.17) is 9.47 Å². The zero-order valence-corrected chi connectivity index (χ0v) is 14.9. The van der Waals surface area contributed by atoms with Gasteiger partial charge in [-0.25, -0.2) is 13.2 Å². The number of benzene rings is 2. The maximum atomic E-state index is 12.5. The molecule has 0 bridgehead atoms. The largest absolute Gasteiger partial charge is 0.462 e. The Balaban J connectivity index is 1.93. The third-order valence-corrected chi connectivity index (χ3v) is 5.23. The molecule has 0 spiro atoms. The van der Waals surface area contributed by atoms with E-state index in [0.29, 0.717) is 0 Å². The van der Waals surface area contributed by atoms with Crippen LogP contribution in [-0.4, -0.2) is 45.6 Å². The fraction of sp³-hybridized carbons (Fsp3) is 0.263. The molecule has 3 rings (SSSR count). The first-order valence-corrected chi connectivity index (χ1v) is 10.1. The average molecular weight is 374 g/mol. The summed E-state index contributed by atoms with van der Waals surface area (Å²) in [4.78, 5) is 23.5. The molecule has 0 radical (unpaired) electrons. The van der Waals surface area contributed by atoms with Crippen LogP contribution in [0.2, 0.25) is 0 Å². The highest BCUT2D eigenvalue weighted by Crippen LogP contribution is 2.46. The van der Waals surface area contributed by atoms with E-state index in [1.54, 1.807) is 0 Å². The van der Waals surface area contributed by atoms with Crippen LogP contribution in [-0.2, 0) is 28.9 Å². The van der Waals surface area contributed by atoms with Crippen molar-refractivity contribution in [3.05, 3.63) is 59.7 Å². The van der Waals surface area contributed by atoms with Gasteiger partial charge in [-0.2, -0.15) is 0 Å². The first-order chi connectivity index (χ1) is 12.4. The Morgan fingerprint density at radius 3 is 2.12 bits per heavy atom. The molecule has 0 N–H and O–H groups in total. The van der Waals surface area contributed by atoms with Gasteiger partial charge in [0.2, 0.25) is 6.10 Å². The first kappa shape index (κ1) is 18.1. The fourth-order valence-corrected chi connectivity index (χ4v) is 3.61. The summed E-state index contributed by atoms with van der Waals surface area (Å²) in [6, 6.07) is 15.2. The molecular weight excluding hydrogens is 356 g/mol.